The molecule has 0 fully saturated rings. The van der Waals surface area contributed by atoms with Crippen molar-refractivity contribution in [2.24, 2.45) is 0 Å². The molecule has 0 aromatic carbocycles. The smallest absolute Gasteiger partial charge is 0 e. The minimum atomic E-state index is -2.22. The number of hydrogen-bond acceptors (Lipinski definition) is 1. The van der Waals surface area contributed by atoms with Gasteiger partial charge < -0.3 is 20.4 Å². The van der Waals surface area contributed by atoms with Crippen LogP contribution in [0.3, 0.4) is 0 Å². The monoisotopic (exact) mass is 509 g/mol. The van der Waals surface area contributed by atoms with Crippen LogP contribution in [0.1, 0.15) is 0 Å². The number of halogens is 3. The van der Waals surface area contributed by atoms with Crippen molar-refractivity contribution in [1.29, 1.82) is 0 Å². The molecule has 0 aromatic heterocycles. The van der Waals surface area contributed by atoms with E-state index in [-0.39, 0.29) is 62.3 Å². The van der Waals surface area contributed by atoms with Gasteiger partial charge in [0.05, 0.1) is 20.6 Å². The summed E-state index contributed by atoms with van der Waals surface area (Å²) in [6.07, 6.45) is 0. The SMILES string of the molecule is C[N-]CCN(C)C.C[N-]CC[NH+](C)C.[Cl][Y]([Cl])[Cl].[Na+].[Y]. The van der Waals surface area contributed by atoms with Crippen LogP contribution in [0, 0.1) is 0 Å². The summed E-state index contributed by atoms with van der Waals surface area (Å²) < 4.78 is 0. The molecule has 1 N–H and O–H groups in total. The van der Waals surface area contributed by atoms with E-state index >= 15 is 0 Å². The van der Waals surface area contributed by atoms with Crippen LogP contribution in [0.5, 0.6) is 0 Å². The van der Waals surface area contributed by atoms with Gasteiger partial charge in [0.25, 0.3) is 0 Å². The molecule has 0 atom stereocenters. The second kappa shape index (κ2) is 30.8. The van der Waals surface area contributed by atoms with E-state index < -0.39 is 23.3 Å². The first-order valence-electron chi connectivity index (χ1n) is 5.75. The molecule has 0 aliphatic carbocycles. The minimum absolute atomic E-state index is 0. The van der Waals surface area contributed by atoms with Crippen LogP contribution >= 0.6 is 22.0 Å². The Morgan fingerprint density at radius 1 is 1.00 bits per heavy atom. The molecule has 0 amide bonds. The van der Waals surface area contributed by atoms with Crippen LogP contribution in [-0.4, -0.2) is 73.4 Å². The van der Waals surface area contributed by atoms with Crippen molar-refractivity contribution in [2.45, 2.75) is 0 Å². The third-order valence-electron chi connectivity index (χ3n) is 1.61. The summed E-state index contributed by atoms with van der Waals surface area (Å²) in [6, 6.07) is 0. The fourth-order valence-electron chi connectivity index (χ4n) is 0.635. The molecule has 20 heavy (non-hydrogen) atoms. The fraction of sp³-hybridized carbons (Fsp3) is 1.00. The van der Waals surface area contributed by atoms with Crippen molar-refractivity contribution in [3.63, 3.8) is 0 Å². The number of rotatable bonds is 6. The Kier molecular flexibility index (Phi) is 54.0. The first-order valence-corrected chi connectivity index (χ1v) is 16.7. The molecule has 0 saturated carbocycles. The van der Waals surface area contributed by atoms with E-state index in [0.29, 0.717) is 0 Å². The Morgan fingerprint density at radius 3 is 1.45 bits per heavy atom. The van der Waals surface area contributed by atoms with Crippen molar-refractivity contribution >= 4 is 22.0 Å². The van der Waals surface area contributed by atoms with Crippen molar-refractivity contribution in [1.82, 2.24) is 4.90 Å². The van der Waals surface area contributed by atoms with Crippen molar-refractivity contribution < 1.29 is 90.5 Å². The number of hydrogen-bond donors (Lipinski definition) is 1. The molecular weight excluding hydrogens is 483 g/mol. The molecule has 0 aromatic rings. The molecule has 0 aliphatic heterocycles. The van der Waals surface area contributed by atoms with Crippen molar-refractivity contribution in [3.05, 3.63) is 10.6 Å². The summed E-state index contributed by atoms with van der Waals surface area (Å²) in [5.74, 6) is 0. The third-order valence-corrected chi connectivity index (χ3v) is 1.61. The number of quaternary nitrogens is 1. The normalized spacial score (nSPS) is 8.55. The molecule has 4 nitrogen and oxygen atoms in total. The van der Waals surface area contributed by atoms with E-state index in [2.05, 4.69) is 29.6 Å². The number of nitrogens with one attached hydrogen (secondary N) is 1. The third kappa shape index (κ3) is 67.5. The standard InChI is InChI=1S/2C5H13N2.3ClH.Na.2Y/c2*1-6-4-5-7(2)3;;;;;;/h2*4-5H2,1-3H3;3*1H;;;/q2*-1;;;;+1;;+3/p-2. The topological polar surface area (TPSA) is 35.9 Å². The second-order valence-corrected chi connectivity index (χ2v) is 17.0. The van der Waals surface area contributed by atoms with Crippen LogP contribution in [0.15, 0.2) is 0 Å². The zero-order valence-corrected chi connectivity index (χ0v) is 23.9. The van der Waals surface area contributed by atoms with Crippen molar-refractivity contribution in [2.75, 3.05) is 68.5 Å². The first kappa shape index (κ1) is 35.1. The summed E-state index contributed by atoms with van der Waals surface area (Å²) in [4.78, 5) is 3.58. The maximum Gasteiger partial charge on any atom is 1.00 e. The number of nitrogens with zero attached hydrogens (tertiary/aromatic N) is 3. The maximum atomic E-state index is 5.02. The van der Waals surface area contributed by atoms with Gasteiger partial charge in [-0.15, -0.1) is 6.54 Å². The van der Waals surface area contributed by atoms with E-state index in [1.807, 2.05) is 28.2 Å². The van der Waals surface area contributed by atoms with E-state index in [1.165, 1.54) is 4.90 Å². The zero-order valence-electron chi connectivity index (χ0n) is 14.0. The van der Waals surface area contributed by atoms with Crippen LogP contribution in [-0.2, 0) is 56.0 Å². The van der Waals surface area contributed by atoms with Gasteiger partial charge >= 0.3 is 74.9 Å². The van der Waals surface area contributed by atoms with Crippen LogP contribution in [0.25, 0.3) is 10.6 Å². The number of likely N-dealkylation sites (N-methyl/N-ethyl adjacent to an activating group) is 4. The fourth-order valence-corrected chi connectivity index (χ4v) is 0.635. The Morgan fingerprint density at radius 2 is 1.35 bits per heavy atom. The summed E-state index contributed by atoms with van der Waals surface area (Å²) in [5, 5.41) is 7.89. The summed E-state index contributed by atoms with van der Waals surface area (Å²) in [5.41, 5.74) is 0. The largest absolute Gasteiger partial charge is 1.00 e. The maximum absolute atomic E-state index is 5.02. The van der Waals surface area contributed by atoms with Gasteiger partial charge in [-0.25, -0.2) is 0 Å². The van der Waals surface area contributed by atoms with E-state index in [9.17, 15) is 0 Å². The summed E-state index contributed by atoms with van der Waals surface area (Å²) in [7, 11) is 27.1. The summed E-state index contributed by atoms with van der Waals surface area (Å²) >= 11 is -2.22. The van der Waals surface area contributed by atoms with Gasteiger partial charge in [-0.3, -0.25) is 0 Å². The van der Waals surface area contributed by atoms with Gasteiger partial charge in [0.15, 0.2) is 0 Å². The zero-order chi connectivity index (χ0) is 15.0. The van der Waals surface area contributed by atoms with Crippen LogP contribution < -0.4 is 34.5 Å². The Bertz CT molecular complexity index is 135. The molecule has 10 heteroatoms. The molecule has 115 valence electrons. The van der Waals surface area contributed by atoms with E-state index in [0.717, 1.165) is 26.2 Å². The van der Waals surface area contributed by atoms with E-state index in [4.69, 9.17) is 22.0 Å². The predicted octanol–water partition coefficient (Wildman–Crippen LogP) is -1.25. The Balaban J connectivity index is -0.0000000555. The minimum Gasteiger partial charge on any atom is 0 e. The molecule has 0 heterocycles. The quantitative estimate of drug-likeness (QED) is 0.446. The van der Waals surface area contributed by atoms with Gasteiger partial charge in [0.2, 0.25) is 0 Å². The summed E-state index contributed by atoms with van der Waals surface area (Å²) in [6.45, 7) is 4.16. The molecule has 0 spiro atoms. The molecule has 0 bridgehead atoms. The molecule has 0 saturated heterocycles. The average molecular weight is 511 g/mol. The first-order chi connectivity index (χ1) is 8.27. The molecule has 0 rings (SSSR count). The van der Waals surface area contributed by atoms with Gasteiger partial charge in [-0.05, 0) is 20.6 Å². The molecule has 0 unspecified atom stereocenters. The van der Waals surface area contributed by atoms with Gasteiger partial charge in [0.1, 0.15) is 0 Å². The van der Waals surface area contributed by atoms with Crippen LogP contribution in [0.4, 0.5) is 0 Å². The molecule has 1 radical (unpaired) electrons. The Hall–Kier alpha value is 3.92. The second-order valence-electron chi connectivity index (χ2n) is 4.09. The molecule has 0 aliphatic rings. The van der Waals surface area contributed by atoms with Crippen molar-refractivity contribution in [3.8, 4) is 0 Å². The van der Waals surface area contributed by atoms with Crippen LogP contribution in [0.2, 0.25) is 0 Å². The van der Waals surface area contributed by atoms with E-state index in [1.54, 1.807) is 0 Å². The Labute approximate surface area is 193 Å². The molecular formula is C10H27Cl3N4NaY2. The van der Waals surface area contributed by atoms with Gasteiger partial charge in [-0.2, -0.15) is 14.1 Å². The predicted molar refractivity (Wildman–Crippen MR) is 82.1 cm³/mol. The van der Waals surface area contributed by atoms with Gasteiger partial charge in [0, 0.05) is 32.7 Å². The average Bonchev–Trinajstić information content (AvgIpc) is 2.23. The van der Waals surface area contributed by atoms with Gasteiger partial charge in [-0.1, -0.05) is 6.54 Å².